The Morgan fingerprint density at radius 1 is 1.67 bits per heavy atom. The molecule has 0 bridgehead atoms. The number of esters is 1. The summed E-state index contributed by atoms with van der Waals surface area (Å²) in [6, 6.07) is 0. The summed E-state index contributed by atoms with van der Waals surface area (Å²) in [4.78, 5) is 23.8. The monoisotopic (exact) mass is 171 g/mol. The van der Waals surface area contributed by atoms with Gasteiger partial charge in [0.05, 0.1) is 13.0 Å². The van der Waals surface area contributed by atoms with Crippen molar-refractivity contribution in [2.45, 2.75) is 12.8 Å². The first kappa shape index (κ1) is 9.03. The molecule has 0 aromatic heterocycles. The zero-order valence-corrected chi connectivity index (χ0v) is 7.37. The van der Waals surface area contributed by atoms with E-state index in [0.717, 1.165) is 6.42 Å². The zero-order chi connectivity index (χ0) is 9.14. The van der Waals surface area contributed by atoms with E-state index in [1.807, 2.05) is 0 Å². The highest BCUT2D eigenvalue weighted by Gasteiger charge is 2.28. The van der Waals surface area contributed by atoms with Gasteiger partial charge in [0, 0.05) is 20.0 Å². The molecule has 0 saturated carbocycles. The number of likely N-dealkylation sites (tertiary alicyclic amines) is 1. The van der Waals surface area contributed by atoms with Crippen LogP contribution in [0.25, 0.3) is 0 Å². The molecule has 1 atom stereocenters. The predicted octanol–water partition coefficient (Wildman–Crippen LogP) is 0.0278. The van der Waals surface area contributed by atoms with Gasteiger partial charge in [-0.05, 0) is 6.42 Å². The molecule has 1 saturated heterocycles. The fourth-order valence-electron chi connectivity index (χ4n) is 1.31. The molecule has 0 aromatic rings. The molecule has 0 radical (unpaired) electrons. The molecular weight excluding hydrogens is 158 g/mol. The highest BCUT2D eigenvalue weighted by Crippen LogP contribution is 2.17. The third kappa shape index (κ3) is 1.75. The second kappa shape index (κ2) is 3.56. The van der Waals surface area contributed by atoms with Crippen molar-refractivity contribution in [3.63, 3.8) is 0 Å². The smallest absolute Gasteiger partial charge is 0.309 e. The fraction of sp³-hybridized carbons (Fsp3) is 0.750. The first-order chi connectivity index (χ1) is 5.65. The molecule has 1 rings (SSSR count). The Morgan fingerprint density at radius 2 is 2.33 bits per heavy atom. The van der Waals surface area contributed by atoms with Gasteiger partial charge in [-0.3, -0.25) is 9.59 Å². The molecule has 68 valence electrons. The first-order valence-electron chi connectivity index (χ1n) is 3.97. The number of carbonyl (C=O) groups is 2. The van der Waals surface area contributed by atoms with Gasteiger partial charge >= 0.3 is 5.97 Å². The maximum Gasteiger partial charge on any atom is 0.309 e. The van der Waals surface area contributed by atoms with Crippen LogP contribution in [0.2, 0.25) is 0 Å². The largest absolute Gasteiger partial charge is 0.469 e. The second-order valence-corrected chi connectivity index (χ2v) is 3.03. The number of nitrogens with zero attached hydrogens (tertiary/aromatic N) is 1. The van der Waals surface area contributed by atoms with Crippen LogP contribution >= 0.6 is 0 Å². The molecule has 0 aromatic carbocycles. The normalized spacial score (nSPS) is 24.0. The molecule has 12 heavy (non-hydrogen) atoms. The van der Waals surface area contributed by atoms with Crippen molar-refractivity contribution in [3.05, 3.63) is 0 Å². The van der Waals surface area contributed by atoms with E-state index < -0.39 is 0 Å². The summed E-state index contributed by atoms with van der Waals surface area (Å²) >= 11 is 0. The lowest BCUT2D eigenvalue weighted by atomic mass is 9.97. The van der Waals surface area contributed by atoms with Crippen LogP contribution in [-0.2, 0) is 14.3 Å². The minimum absolute atomic E-state index is 0.0247. The number of amides is 1. The Balaban J connectivity index is 2.51. The number of rotatable bonds is 1. The van der Waals surface area contributed by atoms with Crippen molar-refractivity contribution in [2.75, 3.05) is 20.7 Å². The lowest BCUT2D eigenvalue weighted by Gasteiger charge is -2.26. The van der Waals surface area contributed by atoms with E-state index in [9.17, 15) is 9.59 Å². The number of piperidine rings is 1. The second-order valence-electron chi connectivity index (χ2n) is 3.03. The van der Waals surface area contributed by atoms with Gasteiger partial charge in [-0.1, -0.05) is 0 Å². The summed E-state index contributed by atoms with van der Waals surface area (Å²) in [6.07, 6.45) is 1.01. The molecule has 1 amide bonds. The molecule has 1 fully saturated rings. The number of hydrogen-bond donors (Lipinski definition) is 0. The van der Waals surface area contributed by atoms with E-state index in [1.54, 1.807) is 11.9 Å². The number of ether oxygens (including phenoxy) is 1. The van der Waals surface area contributed by atoms with Gasteiger partial charge in [0.25, 0.3) is 0 Å². The van der Waals surface area contributed by atoms with E-state index in [4.69, 9.17) is 0 Å². The topological polar surface area (TPSA) is 46.6 Å². The van der Waals surface area contributed by atoms with Gasteiger partial charge in [0.2, 0.25) is 5.91 Å². The van der Waals surface area contributed by atoms with Crippen LogP contribution in [0.3, 0.4) is 0 Å². The predicted molar refractivity (Wildman–Crippen MR) is 42.4 cm³/mol. The van der Waals surface area contributed by atoms with Crippen molar-refractivity contribution in [3.8, 4) is 0 Å². The van der Waals surface area contributed by atoms with Crippen LogP contribution in [-0.4, -0.2) is 37.5 Å². The molecule has 1 aliphatic heterocycles. The van der Waals surface area contributed by atoms with Gasteiger partial charge in [0.1, 0.15) is 0 Å². The van der Waals surface area contributed by atoms with E-state index in [0.29, 0.717) is 13.0 Å². The molecule has 0 aliphatic carbocycles. The van der Waals surface area contributed by atoms with E-state index in [-0.39, 0.29) is 17.8 Å². The van der Waals surface area contributed by atoms with Gasteiger partial charge < -0.3 is 9.64 Å². The van der Waals surface area contributed by atoms with E-state index in [1.165, 1.54) is 7.11 Å². The van der Waals surface area contributed by atoms with Gasteiger partial charge in [0.15, 0.2) is 0 Å². The van der Waals surface area contributed by atoms with Crippen LogP contribution in [0.1, 0.15) is 12.8 Å². The van der Waals surface area contributed by atoms with Crippen molar-refractivity contribution in [1.82, 2.24) is 4.90 Å². The highest BCUT2D eigenvalue weighted by molar-refractivity contribution is 5.84. The Bertz CT molecular complexity index is 200. The Kier molecular flexibility index (Phi) is 2.68. The molecule has 0 N–H and O–H groups in total. The van der Waals surface area contributed by atoms with Crippen LogP contribution in [0.4, 0.5) is 0 Å². The van der Waals surface area contributed by atoms with Gasteiger partial charge in [-0.25, -0.2) is 0 Å². The van der Waals surface area contributed by atoms with Crippen molar-refractivity contribution in [1.29, 1.82) is 0 Å². The molecule has 4 heteroatoms. The summed E-state index contributed by atoms with van der Waals surface area (Å²) in [7, 11) is 3.10. The first-order valence-corrected chi connectivity index (χ1v) is 3.97. The Morgan fingerprint density at radius 3 is 2.83 bits per heavy atom. The van der Waals surface area contributed by atoms with Crippen molar-refractivity contribution >= 4 is 11.9 Å². The minimum atomic E-state index is -0.267. The van der Waals surface area contributed by atoms with E-state index in [2.05, 4.69) is 4.74 Å². The maximum absolute atomic E-state index is 11.1. The molecular formula is C8H13NO3. The summed E-state index contributed by atoms with van der Waals surface area (Å²) in [5, 5.41) is 0. The average molecular weight is 171 g/mol. The summed E-state index contributed by atoms with van der Waals surface area (Å²) in [6.45, 7) is 0.651. The number of hydrogen-bond acceptors (Lipinski definition) is 3. The maximum atomic E-state index is 11.1. The molecule has 0 spiro atoms. The Labute approximate surface area is 71.5 Å². The van der Waals surface area contributed by atoms with Crippen LogP contribution < -0.4 is 0 Å². The Hall–Kier alpha value is -1.06. The molecule has 4 nitrogen and oxygen atoms in total. The van der Waals surface area contributed by atoms with Gasteiger partial charge in [-0.15, -0.1) is 0 Å². The van der Waals surface area contributed by atoms with E-state index >= 15 is 0 Å². The summed E-state index contributed by atoms with van der Waals surface area (Å²) < 4.78 is 4.56. The average Bonchev–Trinajstić information content (AvgIpc) is 2.08. The van der Waals surface area contributed by atoms with Crippen molar-refractivity contribution in [2.24, 2.45) is 5.92 Å². The fourth-order valence-corrected chi connectivity index (χ4v) is 1.31. The minimum Gasteiger partial charge on any atom is -0.469 e. The van der Waals surface area contributed by atoms with Crippen LogP contribution in [0.5, 0.6) is 0 Å². The van der Waals surface area contributed by atoms with Crippen molar-refractivity contribution < 1.29 is 14.3 Å². The molecule has 1 aliphatic rings. The number of methoxy groups -OCH3 is 1. The van der Waals surface area contributed by atoms with Crippen LogP contribution in [0, 0.1) is 5.92 Å². The lowest BCUT2D eigenvalue weighted by molar-refractivity contribution is -0.151. The van der Waals surface area contributed by atoms with Gasteiger partial charge in [-0.2, -0.15) is 0 Å². The summed E-state index contributed by atoms with van der Waals surface area (Å²) in [5.74, 6) is -0.466. The molecule has 0 unspecified atom stereocenters. The quantitative estimate of drug-likeness (QED) is 0.523. The summed E-state index contributed by atoms with van der Waals surface area (Å²) in [5.41, 5.74) is 0. The molecule has 1 heterocycles. The highest BCUT2D eigenvalue weighted by atomic mass is 16.5. The third-order valence-electron chi connectivity index (χ3n) is 2.19. The zero-order valence-electron chi connectivity index (χ0n) is 7.37. The third-order valence-corrected chi connectivity index (χ3v) is 2.19. The SMILES string of the molecule is COC(=O)[C@H]1CCN(C)C(=O)C1. The van der Waals surface area contributed by atoms with Crippen LogP contribution in [0.15, 0.2) is 0 Å². The lowest BCUT2D eigenvalue weighted by Crippen LogP contribution is -2.38. The number of carbonyl (C=O) groups excluding carboxylic acids is 2. The standard InChI is InChI=1S/C8H13NO3/c1-9-4-3-6(5-7(9)10)8(11)12-2/h6H,3-5H2,1-2H3/t6-/m0/s1.